The lowest BCUT2D eigenvalue weighted by atomic mass is 9.96. The van der Waals surface area contributed by atoms with Crippen LogP contribution in [0, 0.1) is 0 Å². The molecule has 2 aromatic heterocycles. The van der Waals surface area contributed by atoms with Crippen molar-refractivity contribution >= 4 is 27.9 Å². The molecule has 44 heavy (non-hydrogen) atoms. The molecular formula is C33H44N4O6S. The van der Waals surface area contributed by atoms with Crippen LogP contribution >= 0.6 is 0 Å². The highest BCUT2D eigenvalue weighted by atomic mass is 32.2. The molecule has 0 aliphatic heterocycles. The van der Waals surface area contributed by atoms with E-state index in [-0.39, 0.29) is 17.3 Å². The van der Waals surface area contributed by atoms with Crippen LogP contribution in [0.2, 0.25) is 0 Å². The summed E-state index contributed by atoms with van der Waals surface area (Å²) in [4.78, 5) is 36.0. The molecule has 3 rings (SSSR count). The Morgan fingerprint density at radius 3 is 2.16 bits per heavy atom. The van der Waals surface area contributed by atoms with Gasteiger partial charge in [-0.1, -0.05) is 44.2 Å². The third-order valence-electron chi connectivity index (χ3n) is 6.39. The first-order valence-corrected chi connectivity index (χ1v) is 16.2. The minimum Gasteiger partial charge on any atom is -0.459 e. The van der Waals surface area contributed by atoms with Crippen LogP contribution in [0.25, 0.3) is 0 Å². The van der Waals surface area contributed by atoms with Crippen molar-refractivity contribution in [2.45, 2.75) is 96.9 Å². The molecule has 11 heteroatoms. The van der Waals surface area contributed by atoms with Gasteiger partial charge in [0.05, 0.1) is 11.7 Å². The fourth-order valence-electron chi connectivity index (χ4n) is 4.52. The van der Waals surface area contributed by atoms with Crippen LogP contribution in [0.15, 0.2) is 65.8 Å². The van der Waals surface area contributed by atoms with Gasteiger partial charge in [-0.2, -0.15) is 0 Å². The Labute approximate surface area is 261 Å². The van der Waals surface area contributed by atoms with E-state index in [2.05, 4.69) is 35.7 Å². The Morgan fingerprint density at radius 1 is 0.886 bits per heavy atom. The minimum absolute atomic E-state index is 0.111. The SMILES string of the molecule is CCc1ccc(CC(NS(=O)(=O)c2ccccn2)c2cccc(N(CC(=O)OC(C)(C)C)C(=O)OC(C)(C)C)n2)cc1CC. The van der Waals surface area contributed by atoms with Crippen LogP contribution < -0.4 is 9.62 Å². The fourth-order valence-corrected chi connectivity index (χ4v) is 5.68. The summed E-state index contributed by atoms with van der Waals surface area (Å²) in [6.45, 7) is 14.1. The first kappa shape index (κ1) is 34.7. The second kappa shape index (κ2) is 14.3. The van der Waals surface area contributed by atoms with Crippen LogP contribution in [0.1, 0.15) is 83.8 Å². The molecule has 238 valence electrons. The van der Waals surface area contributed by atoms with Gasteiger partial charge in [0.1, 0.15) is 23.6 Å². The first-order valence-electron chi connectivity index (χ1n) is 14.7. The highest BCUT2D eigenvalue weighted by molar-refractivity contribution is 7.89. The van der Waals surface area contributed by atoms with Gasteiger partial charge >= 0.3 is 12.1 Å². The minimum atomic E-state index is -4.05. The average Bonchev–Trinajstić information content (AvgIpc) is 2.94. The molecule has 10 nitrogen and oxygen atoms in total. The van der Waals surface area contributed by atoms with Gasteiger partial charge in [0.15, 0.2) is 5.03 Å². The summed E-state index contributed by atoms with van der Waals surface area (Å²) in [7, 11) is -4.05. The Kier molecular flexibility index (Phi) is 11.3. The van der Waals surface area contributed by atoms with Crippen molar-refractivity contribution in [2.24, 2.45) is 0 Å². The first-order chi connectivity index (χ1) is 20.5. The number of esters is 1. The van der Waals surface area contributed by atoms with Crippen molar-refractivity contribution in [1.29, 1.82) is 0 Å². The number of aromatic nitrogens is 2. The van der Waals surface area contributed by atoms with Gasteiger partial charge < -0.3 is 9.47 Å². The van der Waals surface area contributed by atoms with E-state index in [0.29, 0.717) is 5.69 Å². The molecule has 0 aliphatic rings. The van der Waals surface area contributed by atoms with Crippen LogP contribution in [0.5, 0.6) is 0 Å². The number of rotatable bonds is 11. The maximum atomic E-state index is 13.4. The molecule has 0 bridgehead atoms. The van der Waals surface area contributed by atoms with Crippen molar-refractivity contribution in [3.63, 3.8) is 0 Å². The highest BCUT2D eigenvalue weighted by Gasteiger charge is 2.30. The van der Waals surface area contributed by atoms with E-state index >= 15 is 0 Å². The number of carbonyl (C=O) groups is 2. The molecule has 1 atom stereocenters. The van der Waals surface area contributed by atoms with E-state index in [4.69, 9.17) is 14.5 Å². The maximum Gasteiger partial charge on any atom is 0.416 e. The number of hydrogen-bond donors (Lipinski definition) is 1. The summed E-state index contributed by atoms with van der Waals surface area (Å²) in [6.07, 6.45) is 2.62. The molecule has 0 aliphatic carbocycles. The number of nitrogens with one attached hydrogen (secondary N) is 1. The molecule has 0 spiro atoms. The second-order valence-electron chi connectivity index (χ2n) is 12.4. The normalized spacial score (nSPS) is 12.8. The van der Waals surface area contributed by atoms with Crippen molar-refractivity contribution in [1.82, 2.24) is 14.7 Å². The fraction of sp³-hybridized carbons (Fsp3) is 0.455. The van der Waals surface area contributed by atoms with E-state index in [1.54, 1.807) is 71.9 Å². The number of aryl methyl sites for hydroxylation is 2. The number of carbonyl (C=O) groups excluding carboxylic acids is 2. The van der Waals surface area contributed by atoms with Crippen LogP contribution in [0.4, 0.5) is 10.6 Å². The molecule has 0 saturated carbocycles. The number of nitrogens with zero attached hydrogens (tertiary/aromatic N) is 3. The van der Waals surface area contributed by atoms with Crippen molar-refractivity contribution < 1.29 is 27.5 Å². The lowest BCUT2D eigenvalue weighted by Crippen LogP contribution is -2.42. The summed E-state index contributed by atoms with van der Waals surface area (Å²) >= 11 is 0. The van der Waals surface area contributed by atoms with E-state index < -0.39 is 45.9 Å². The largest absolute Gasteiger partial charge is 0.459 e. The molecule has 1 unspecified atom stereocenters. The van der Waals surface area contributed by atoms with Crippen molar-refractivity contribution in [2.75, 3.05) is 11.4 Å². The van der Waals surface area contributed by atoms with E-state index in [9.17, 15) is 18.0 Å². The van der Waals surface area contributed by atoms with Gasteiger partial charge in [-0.3, -0.25) is 9.69 Å². The number of sulfonamides is 1. The molecule has 0 fully saturated rings. The molecule has 2 heterocycles. The summed E-state index contributed by atoms with van der Waals surface area (Å²) in [5.41, 5.74) is 2.06. The molecule has 0 saturated heterocycles. The van der Waals surface area contributed by atoms with Gasteiger partial charge in [0, 0.05) is 6.20 Å². The summed E-state index contributed by atoms with van der Waals surface area (Å²) < 4.78 is 40.7. The van der Waals surface area contributed by atoms with Gasteiger partial charge in [0.25, 0.3) is 10.0 Å². The number of benzene rings is 1. The Hall–Kier alpha value is -3.83. The van der Waals surface area contributed by atoms with Crippen molar-refractivity contribution in [3.05, 3.63) is 83.2 Å². The van der Waals surface area contributed by atoms with Crippen LogP contribution in [-0.4, -0.2) is 48.2 Å². The Bertz CT molecular complexity index is 1550. The number of amides is 1. The third kappa shape index (κ3) is 10.1. The molecule has 1 N–H and O–H groups in total. The number of anilines is 1. The monoisotopic (exact) mass is 624 g/mol. The molecular weight excluding hydrogens is 580 g/mol. The van der Waals surface area contributed by atoms with E-state index in [1.807, 2.05) is 6.07 Å². The number of ether oxygens (including phenoxy) is 2. The van der Waals surface area contributed by atoms with Gasteiger partial charge in [-0.05, 0) is 102 Å². The lowest BCUT2D eigenvalue weighted by Gasteiger charge is -2.28. The van der Waals surface area contributed by atoms with Gasteiger partial charge in [-0.15, -0.1) is 0 Å². The Morgan fingerprint density at radius 2 is 1.57 bits per heavy atom. The van der Waals surface area contributed by atoms with Crippen LogP contribution in [0.3, 0.4) is 0 Å². The number of hydrogen-bond acceptors (Lipinski definition) is 8. The Balaban J connectivity index is 2.08. The van der Waals surface area contributed by atoms with Crippen LogP contribution in [-0.2, 0) is 43.6 Å². The third-order valence-corrected chi connectivity index (χ3v) is 7.78. The van der Waals surface area contributed by atoms with E-state index in [0.717, 1.165) is 23.3 Å². The lowest BCUT2D eigenvalue weighted by molar-refractivity contribution is -0.153. The molecule has 1 aromatic carbocycles. The average molecular weight is 625 g/mol. The highest BCUT2D eigenvalue weighted by Crippen LogP contribution is 2.25. The summed E-state index contributed by atoms with van der Waals surface area (Å²) in [5, 5.41) is -0.128. The maximum absolute atomic E-state index is 13.4. The van der Waals surface area contributed by atoms with Gasteiger partial charge in [-0.25, -0.2) is 27.9 Å². The standard InChI is InChI=1S/C33H44N4O6S/c1-9-24-18-17-23(20-25(24)10-2)21-27(36-44(40,41)29-16-11-12-19-34-29)26-14-13-15-28(35-26)37(31(39)43-33(6,7)8)22-30(38)42-32(3,4)5/h11-20,27,36H,9-10,21-22H2,1-8H3. The second-order valence-corrected chi connectivity index (χ2v) is 14.1. The number of pyridine rings is 2. The predicted molar refractivity (Wildman–Crippen MR) is 170 cm³/mol. The zero-order valence-corrected chi connectivity index (χ0v) is 27.7. The summed E-state index contributed by atoms with van der Waals surface area (Å²) in [5.74, 6) is -0.536. The zero-order chi connectivity index (χ0) is 32.7. The van der Waals surface area contributed by atoms with Gasteiger partial charge in [0.2, 0.25) is 0 Å². The quantitative estimate of drug-likeness (QED) is 0.260. The topological polar surface area (TPSA) is 128 Å². The van der Waals surface area contributed by atoms with Crippen molar-refractivity contribution in [3.8, 4) is 0 Å². The molecule has 1 amide bonds. The molecule has 3 aromatic rings. The molecule has 0 radical (unpaired) electrons. The summed E-state index contributed by atoms with van der Waals surface area (Å²) in [6, 6.07) is 14.8. The predicted octanol–water partition coefficient (Wildman–Crippen LogP) is 5.95. The van der Waals surface area contributed by atoms with E-state index in [1.165, 1.54) is 23.4 Å². The zero-order valence-electron chi connectivity index (χ0n) is 26.9. The smallest absolute Gasteiger partial charge is 0.416 e.